The van der Waals surface area contributed by atoms with Crippen LogP contribution in [0.3, 0.4) is 0 Å². The summed E-state index contributed by atoms with van der Waals surface area (Å²) in [6, 6.07) is 8.99. The lowest BCUT2D eigenvalue weighted by Crippen LogP contribution is -2.43. The third-order valence-electron chi connectivity index (χ3n) is 3.64. The molecule has 0 aromatic heterocycles. The molecule has 124 valence electrons. The van der Waals surface area contributed by atoms with Crippen LogP contribution >= 0.6 is 11.8 Å². The second kappa shape index (κ2) is 8.72. The van der Waals surface area contributed by atoms with E-state index in [4.69, 9.17) is 0 Å². The number of nitrogens with one attached hydrogen (secondary N) is 1. The van der Waals surface area contributed by atoms with Crippen LogP contribution in [-0.2, 0) is 9.59 Å². The van der Waals surface area contributed by atoms with Crippen LogP contribution in [0.1, 0.15) is 30.1 Å². The van der Waals surface area contributed by atoms with Crippen molar-refractivity contribution < 1.29 is 14.4 Å². The van der Waals surface area contributed by atoms with Crippen LogP contribution < -0.4 is 5.32 Å². The first-order valence-electron chi connectivity index (χ1n) is 7.79. The number of rotatable bonds is 8. The number of carbonyl (C=O) groups is 3. The Balaban J connectivity index is 1.64. The molecule has 0 radical (unpaired) electrons. The number of thioether (sulfide) groups is 1. The van der Waals surface area contributed by atoms with E-state index in [1.54, 1.807) is 17.0 Å². The summed E-state index contributed by atoms with van der Waals surface area (Å²) >= 11 is 1.31. The number of amides is 2. The van der Waals surface area contributed by atoms with Gasteiger partial charge in [-0.15, -0.1) is 11.8 Å². The quantitative estimate of drug-likeness (QED) is 0.735. The average molecular weight is 334 g/mol. The Hall–Kier alpha value is -1.82. The number of hydrogen-bond donors (Lipinski definition) is 1. The fourth-order valence-corrected chi connectivity index (χ4v) is 3.26. The summed E-state index contributed by atoms with van der Waals surface area (Å²) in [7, 11) is 0. The fourth-order valence-electron chi connectivity index (χ4n) is 2.53. The van der Waals surface area contributed by atoms with E-state index in [1.165, 1.54) is 11.8 Å². The lowest BCUT2D eigenvalue weighted by Gasteiger charge is -2.21. The molecule has 0 saturated carbocycles. The third-order valence-corrected chi connectivity index (χ3v) is 4.57. The first-order valence-corrected chi connectivity index (χ1v) is 8.95. The van der Waals surface area contributed by atoms with E-state index in [-0.39, 0.29) is 35.1 Å². The molecular weight excluding hydrogens is 312 g/mol. The Kier molecular flexibility index (Phi) is 6.65. The summed E-state index contributed by atoms with van der Waals surface area (Å²) in [5.41, 5.74) is 0.668. The highest BCUT2D eigenvalue weighted by atomic mass is 32.2. The molecule has 1 aromatic carbocycles. The summed E-state index contributed by atoms with van der Waals surface area (Å²) < 4.78 is 0. The second-order valence-electron chi connectivity index (χ2n) is 5.69. The largest absolute Gasteiger partial charge is 0.351 e. The molecule has 0 bridgehead atoms. The lowest BCUT2D eigenvalue weighted by molar-refractivity contribution is -0.128. The van der Waals surface area contributed by atoms with Crippen molar-refractivity contribution in [1.29, 1.82) is 0 Å². The number of benzene rings is 1. The van der Waals surface area contributed by atoms with Gasteiger partial charge in [-0.25, -0.2) is 0 Å². The van der Waals surface area contributed by atoms with Gasteiger partial charge in [0.2, 0.25) is 11.8 Å². The molecule has 1 saturated heterocycles. The van der Waals surface area contributed by atoms with Gasteiger partial charge in [0.25, 0.3) is 0 Å². The Morgan fingerprint density at radius 1 is 1.26 bits per heavy atom. The molecule has 2 amide bonds. The van der Waals surface area contributed by atoms with E-state index in [0.717, 1.165) is 13.0 Å². The Morgan fingerprint density at radius 3 is 2.65 bits per heavy atom. The van der Waals surface area contributed by atoms with Crippen molar-refractivity contribution in [1.82, 2.24) is 10.2 Å². The van der Waals surface area contributed by atoms with Gasteiger partial charge in [0.05, 0.1) is 11.5 Å². The van der Waals surface area contributed by atoms with Crippen LogP contribution in [0.15, 0.2) is 30.3 Å². The van der Waals surface area contributed by atoms with E-state index in [2.05, 4.69) is 5.32 Å². The second-order valence-corrected chi connectivity index (χ2v) is 6.68. The van der Waals surface area contributed by atoms with Gasteiger partial charge in [0.1, 0.15) is 0 Å². The van der Waals surface area contributed by atoms with Gasteiger partial charge in [0, 0.05) is 31.1 Å². The highest BCUT2D eigenvalue weighted by Crippen LogP contribution is 2.10. The molecule has 6 heteroatoms. The normalized spacial score (nSPS) is 15.5. The predicted octanol–water partition coefficient (Wildman–Crippen LogP) is 1.73. The van der Waals surface area contributed by atoms with E-state index in [0.29, 0.717) is 18.5 Å². The molecule has 1 fully saturated rings. The maximum absolute atomic E-state index is 11.9. The standard InChI is InChI=1S/C17H22N2O3S/c1-13(10-19-9-5-8-17(19)22)18-16(21)12-23-11-15(20)14-6-3-2-4-7-14/h2-4,6-7,13H,5,8-12H2,1H3,(H,18,21). The molecule has 23 heavy (non-hydrogen) atoms. The first-order chi connectivity index (χ1) is 11.1. The minimum atomic E-state index is -0.102. The van der Waals surface area contributed by atoms with E-state index in [1.807, 2.05) is 25.1 Å². The topological polar surface area (TPSA) is 66.5 Å². The number of likely N-dealkylation sites (tertiary alicyclic amines) is 1. The SMILES string of the molecule is CC(CN1CCCC1=O)NC(=O)CSCC(=O)c1ccccc1. The number of carbonyl (C=O) groups excluding carboxylic acids is 3. The van der Waals surface area contributed by atoms with Gasteiger partial charge in [0.15, 0.2) is 5.78 Å². The highest BCUT2D eigenvalue weighted by Gasteiger charge is 2.22. The van der Waals surface area contributed by atoms with Crippen LogP contribution in [0.2, 0.25) is 0 Å². The Bertz CT molecular complexity index is 562. The van der Waals surface area contributed by atoms with Crippen LogP contribution in [-0.4, -0.2) is 53.1 Å². The Labute approximate surface area is 140 Å². The van der Waals surface area contributed by atoms with Crippen molar-refractivity contribution in [2.75, 3.05) is 24.6 Å². The molecular formula is C17H22N2O3S. The first kappa shape index (κ1) is 17.5. The van der Waals surface area contributed by atoms with Gasteiger partial charge in [-0.2, -0.15) is 0 Å². The highest BCUT2D eigenvalue weighted by molar-refractivity contribution is 8.00. The molecule has 1 atom stereocenters. The van der Waals surface area contributed by atoms with Crippen molar-refractivity contribution in [3.63, 3.8) is 0 Å². The fraction of sp³-hybridized carbons (Fsp3) is 0.471. The molecule has 0 aliphatic carbocycles. The zero-order valence-electron chi connectivity index (χ0n) is 13.3. The summed E-state index contributed by atoms with van der Waals surface area (Å²) in [4.78, 5) is 37.1. The number of hydrogen-bond acceptors (Lipinski definition) is 4. The van der Waals surface area contributed by atoms with Crippen molar-refractivity contribution in [3.05, 3.63) is 35.9 Å². The zero-order chi connectivity index (χ0) is 16.7. The predicted molar refractivity (Wildman–Crippen MR) is 91.5 cm³/mol. The zero-order valence-corrected chi connectivity index (χ0v) is 14.1. The monoisotopic (exact) mass is 334 g/mol. The van der Waals surface area contributed by atoms with E-state index < -0.39 is 0 Å². The third kappa shape index (κ3) is 5.71. The van der Waals surface area contributed by atoms with Crippen LogP contribution in [0.25, 0.3) is 0 Å². The van der Waals surface area contributed by atoms with Crippen molar-refractivity contribution in [2.24, 2.45) is 0 Å². The maximum Gasteiger partial charge on any atom is 0.230 e. The van der Waals surface area contributed by atoms with Crippen molar-refractivity contribution in [2.45, 2.75) is 25.8 Å². The van der Waals surface area contributed by atoms with Gasteiger partial charge in [-0.05, 0) is 13.3 Å². The van der Waals surface area contributed by atoms with E-state index in [9.17, 15) is 14.4 Å². The van der Waals surface area contributed by atoms with Crippen LogP contribution in [0.5, 0.6) is 0 Å². The van der Waals surface area contributed by atoms with Gasteiger partial charge < -0.3 is 10.2 Å². The molecule has 1 N–H and O–H groups in total. The smallest absolute Gasteiger partial charge is 0.230 e. The van der Waals surface area contributed by atoms with Gasteiger partial charge >= 0.3 is 0 Å². The van der Waals surface area contributed by atoms with Crippen LogP contribution in [0, 0.1) is 0 Å². The Morgan fingerprint density at radius 2 is 2.00 bits per heavy atom. The van der Waals surface area contributed by atoms with Crippen molar-refractivity contribution >= 4 is 29.4 Å². The summed E-state index contributed by atoms with van der Waals surface area (Å²) in [5.74, 6) is 0.621. The van der Waals surface area contributed by atoms with E-state index >= 15 is 0 Å². The number of Topliss-reactive ketones (excluding diaryl/α,β-unsaturated/α-hetero) is 1. The average Bonchev–Trinajstić information content (AvgIpc) is 2.93. The molecule has 5 nitrogen and oxygen atoms in total. The lowest BCUT2D eigenvalue weighted by atomic mass is 10.2. The molecule has 2 rings (SSSR count). The molecule has 1 heterocycles. The number of ketones is 1. The van der Waals surface area contributed by atoms with Gasteiger partial charge in [-0.3, -0.25) is 14.4 Å². The molecule has 1 aliphatic heterocycles. The molecule has 1 unspecified atom stereocenters. The van der Waals surface area contributed by atoms with Crippen LogP contribution in [0.4, 0.5) is 0 Å². The molecule has 1 aromatic rings. The minimum absolute atomic E-state index is 0.0270. The minimum Gasteiger partial charge on any atom is -0.351 e. The molecule has 0 spiro atoms. The van der Waals surface area contributed by atoms with Crippen molar-refractivity contribution in [3.8, 4) is 0 Å². The molecule has 1 aliphatic rings. The summed E-state index contributed by atoms with van der Waals surface area (Å²) in [6.07, 6.45) is 1.51. The van der Waals surface area contributed by atoms with Gasteiger partial charge in [-0.1, -0.05) is 30.3 Å². The number of nitrogens with zero attached hydrogens (tertiary/aromatic N) is 1. The summed E-state index contributed by atoms with van der Waals surface area (Å²) in [6.45, 7) is 3.22. The summed E-state index contributed by atoms with van der Waals surface area (Å²) in [5, 5.41) is 2.88. The maximum atomic E-state index is 11.9.